The fraction of sp³-hybridized carbons (Fsp3) is 0.707. The second-order valence-electron chi connectivity index (χ2n) is 18.3. The van der Waals surface area contributed by atoms with Crippen LogP contribution in [-0.4, -0.2) is 87.5 Å². The van der Waals surface area contributed by atoms with Crippen LogP contribution in [0, 0.1) is 0 Å². The van der Waals surface area contributed by atoms with Gasteiger partial charge in [0.25, 0.3) is 0 Å². The Morgan fingerprint density at radius 3 is 1.43 bits per heavy atom. The van der Waals surface area contributed by atoms with Gasteiger partial charge in [0, 0.05) is 6.42 Å². The van der Waals surface area contributed by atoms with E-state index in [1.807, 2.05) is 6.08 Å². The van der Waals surface area contributed by atoms with Crippen molar-refractivity contribution in [3.8, 4) is 0 Å². The molecule has 0 aromatic carbocycles. The number of rotatable bonds is 44. The highest BCUT2D eigenvalue weighted by Gasteiger charge is 2.44. The summed E-state index contributed by atoms with van der Waals surface area (Å²) in [5.74, 6) is -0.196. The number of hydrogen-bond donors (Lipinski definition) is 6. The minimum absolute atomic E-state index is 0.196. The van der Waals surface area contributed by atoms with Crippen LogP contribution >= 0.6 is 0 Å². The zero-order valence-electron chi connectivity index (χ0n) is 42.4. The summed E-state index contributed by atoms with van der Waals surface area (Å²) >= 11 is 0. The summed E-state index contributed by atoms with van der Waals surface area (Å²) in [5, 5.41) is 54.3. The molecule has 0 radical (unpaired) electrons. The molecule has 67 heavy (non-hydrogen) atoms. The van der Waals surface area contributed by atoms with Gasteiger partial charge in [0.1, 0.15) is 24.4 Å². The first-order valence-corrected chi connectivity index (χ1v) is 27.0. The van der Waals surface area contributed by atoms with Crippen LogP contribution in [-0.2, 0) is 14.3 Å². The largest absolute Gasteiger partial charge is 0.394 e. The van der Waals surface area contributed by atoms with Gasteiger partial charge >= 0.3 is 0 Å². The molecule has 7 unspecified atom stereocenters. The van der Waals surface area contributed by atoms with E-state index in [1.165, 1.54) is 96.3 Å². The lowest BCUT2D eigenvalue weighted by Gasteiger charge is -2.40. The Labute approximate surface area is 409 Å². The lowest BCUT2D eigenvalue weighted by atomic mass is 9.99. The lowest BCUT2D eigenvalue weighted by molar-refractivity contribution is -0.302. The average Bonchev–Trinajstić information content (AvgIpc) is 3.33. The maximum atomic E-state index is 13.0. The first kappa shape index (κ1) is 62.1. The Morgan fingerprint density at radius 2 is 0.940 bits per heavy atom. The van der Waals surface area contributed by atoms with Crippen molar-refractivity contribution < 1.29 is 39.8 Å². The highest BCUT2D eigenvalue weighted by molar-refractivity contribution is 5.76. The average molecular weight is 938 g/mol. The molecule has 1 saturated heterocycles. The number of ether oxygens (including phenoxy) is 2. The van der Waals surface area contributed by atoms with E-state index in [2.05, 4.69) is 104 Å². The highest BCUT2D eigenvalue weighted by Crippen LogP contribution is 2.22. The van der Waals surface area contributed by atoms with E-state index in [0.29, 0.717) is 6.42 Å². The molecule has 9 nitrogen and oxygen atoms in total. The van der Waals surface area contributed by atoms with Crippen molar-refractivity contribution >= 4 is 5.91 Å². The van der Waals surface area contributed by atoms with Gasteiger partial charge in [0.15, 0.2) is 6.29 Å². The first-order valence-electron chi connectivity index (χ1n) is 27.0. The Balaban J connectivity index is 2.25. The van der Waals surface area contributed by atoms with Gasteiger partial charge in [-0.25, -0.2) is 0 Å². The highest BCUT2D eigenvalue weighted by atomic mass is 16.7. The molecule has 384 valence electrons. The number of carbonyl (C=O) groups excluding carboxylic acids is 1. The molecule has 0 saturated carbocycles. The minimum atomic E-state index is -1.58. The fourth-order valence-corrected chi connectivity index (χ4v) is 7.88. The van der Waals surface area contributed by atoms with Crippen molar-refractivity contribution in [3.63, 3.8) is 0 Å². The van der Waals surface area contributed by atoms with E-state index < -0.39 is 49.5 Å². The molecule has 7 atom stereocenters. The fourth-order valence-electron chi connectivity index (χ4n) is 7.88. The monoisotopic (exact) mass is 938 g/mol. The molecule has 0 aromatic heterocycles. The Morgan fingerprint density at radius 1 is 0.522 bits per heavy atom. The summed E-state index contributed by atoms with van der Waals surface area (Å²) in [5.41, 5.74) is 0. The smallest absolute Gasteiger partial charge is 0.220 e. The molecule has 1 aliphatic rings. The molecular formula is C58H99NO8. The van der Waals surface area contributed by atoms with Gasteiger partial charge in [-0.3, -0.25) is 4.79 Å². The molecule has 6 N–H and O–H groups in total. The Bertz CT molecular complexity index is 1370. The Kier molecular flexibility index (Phi) is 43.4. The predicted octanol–water partition coefficient (Wildman–Crippen LogP) is 12.8. The summed E-state index contributed by atoms with van der Waals surface area (Å²) in [6, 6.07) is -0.830. The maximum Gasteiger partial charge on any atom is 0.220 e. The van der Waals surface area contributed by atoms with Gasteiger partial charge in [-0.1, -0.05) is 214 Å². The third-order valence-corrected chi connectivity index (χ3v) is 12.1. The van der Waals surface area contributed by atoms with Gasteiger partial charge in [0.2, 0.25) is 5.91 Å². The summed E-state index contributed by atoms with van der Waals surface area (Å²) < 4.78 is 11.2. The Hall–Kier alpha value is -2.89. The SMILES string of the molecule is CC/C=C\C/C=C\C/C=C\C/C=C\C/C=C\C/C=C\CCCCCCCCCCCCC(=O)NC(COC1OC(CO)C(O)C(O)C1O)C(O)/C=C/CC/C=C/CCCCCCCCCCC. The molecule has 0 aliphatic carbocycles. The maximum absolute atomic E-state index is 13.0. The number of aliphatic hydroxyl groups is 5. The van der Waals surface area contributed by atoms with Crippen molar-refractivity contribution in [2.45, 2.75) is 249 Å². The zero-order chi connectivity index (χ0) is 48.7. The van der Waals surface area contributed by atoms with Crippen LogP contribution in [0.5, 0.6) is 0 Å². The molecule has 1 aliphatic heterocycles. The van der Waals surface area contributed by atoms with Crippen LogP contribution in [0.2, 0.25) is 0 Å². The molecule has 1 heterocycles. The number of hydrogen-bond acceptors (Lipinski definition) is 8. The molecule has 1 amide bonds. The molecule has 0 bridgehead atoms. The second kappa shape index (κ2) is 46.8. The molecule has 1 fully saturated rings. The molecule has 0 spiro atoms. The first-order chi connectivity index (χ1) is 32.8. The van der Waals surface area contributed by atoms with Gasteiger partial charge in [-0.15, -0.1) is 0 Å². The van der Waals surface area contributed by atoms with E-state index >= 15 is 0 Å². The second-order valence-corrected chi connectivity index (χ2v) is 18.3. The zero-order valence-corrected chi connectivity index (χ0v) is 42.4. The van der Waals surface area contributed by atoms with Gasteiger partial charge in [-0.2, -0.15) is 0 Å². The number of unbranched alkanes of at least 4 members (excludes halogenated alkanes) is 20. The van der Waals surface area contributed by atoms with E-state index in [9.17, 15) is 30.3 Å². The summed E-state index contributed by atoms with van der Waals surface area (Å²) in [6.45, 7) is 3.63. The topological polar surface area (TPSA) is 149 Å². The van der Waals surface area contributed by atoms with Crippen LogP contribution in [0.3, 0.4) is 0 Å². The molecule has 1 rings (SSSR count). The summed E-state index contributed by atoms with van der Waals surface area (Å²) in [4.78, 5) is 13.0. The summed E-state index contributed by atoms with van der Waals surface area (Å²) in [7, 11) is 0. The van der Waals surface area contributed by atoms with Crippen LogP contribution in [0.4, 0.5) is 0 Å². The van der Waals surface area contributed by atoms with Crippen LogP contribution in [0.25, 0.3) is 0 Å². The standard InChI is InChI=1S/C58H99NO8/c1-3-5-7-9-11-13-15-17-19-20-21-22-23-24-25-26-27-28-29-30-31-32-34-36-38-40-42-44-46-48-54(62)59-51(50-66-58-57(65)56(64)55(63)53(49-60)67-58)52(61)47-45-43-41-39-37-35-33-18-16-14-12-10-8-6-4-2/h5,7,11,13,17,19,21-22,24-25,27-28,37,39,45,47,51-53,55-58,60-61,63-65H,3-4,6,8-10,12,14-16,18,20,23,26,29-36,38,40-44,46,48-50H2,1-2H3,(H,59,62)/b7-5-,13-11-,19-17-,22-21-,25-24-,28-27-,39-37+,47-45+. The van der Waals surface area contributed by atoms with E-state index in [1.54, 1.807) is 6.08 Å². The van der Waals surface area contributed by atoms with Crippen molar-refractivity contribution in [1.82, 2.24) is 5.32 Å². The quantitative estimate of drug-likeness (QED) is 0.0261. The third-order valence-electron chi connectivity index (χ3n) is 12.1. The number of aliphatic hydroxyl groups excluding tert-OH is 5. The van der Waals surface area contributed by atoms with Crippen LogP contribution < -0.4 is 5.32 Å². The molecule has 0 aromatic rings. The van der Waals surface area contributed by atoms with Crippen molar-refractivity contribution in [3.05, 3.63) is 97.2 Å². The molecule has 9 heteroatoms. The minimum Gasteiger partial charge on any atom is -0.394 e. The van der Waals surface area contributed by atoms with Crippen LogP contribution in [0.15, 0.2) is 97.2 Å². The van der Waals surface area contributed by atoms with Gasteiger partial charge < -0.3 is 40.3 Å². The van der Waals surface area contributed by atoms with E-state index in [0.717, 1.165) is 89.9 Å². The number of carbonyl (C=O) groups is 1. The molecular weight excluding hydrogens is 839 g/mol. The number of amides is 1. The van der Waals surface area contributed by atoms with E-state index in [-0.39, 0.29) is 12.5 Å². The van der Waals surface area contributed by atoms with E-state index in [4.69, 9.17) is 9.47 Å². The number of allylic oxidation sites excluding steroid dienone is 15. The predicted molar refractivity (Wildman–Crippen MR) is 281 cm³/mol. The van der Waals surface area contributed by atoms with Gasteiger partial charge in [0.05, 0.1) is 25.4 Å². The van der Waals surface area contributed by atoms with Crippen molar-refractivity contribution in [2.75, 3.05) is 13.2 Å². The van der Waals surface area contributed by atoms with Crippen molar-refractivity contribution in [2.24, 2.45) is 0 Å². The lowest BCUT2D eigenvalue weighted by Crippen LogP contribution is -2.60. The number of nitrogens with one attached hydrogen (secondary N) is 1. The van der Waals surface area contributed by atoms with Crippen LogP contribution in [0.1, 0.15) is 206 Å². The van der Waals surface area contributed by atoms with Gasteiger partial charge in [-0.05, 0) is 83.5 Å². The van der Waals surface area contributed by atoms with Crippen molar-refractivity contribution in [1.29, 1.82) is 0 Å². The third kappa shape index (κ3) is 36.7. The summed E-state index contributed by atoms with van der Waals surface area (Å²) in [6.07, 6.45) is 60.3. The normalized spacial score (nSPS) is 20.5.